The van der Waals surface area contributed by atoms with E-state index in [-0.39, 0.29) is 42.6 Å². The van der Waals surface area contributed by atoms with E-state index in [1.807, 2.05) is 23.6 Å². The minimum atomic E-state index is -3.07. The predicted molar refractivity (Wildman–Crippen MR) is 111 cm³/mol. The van der Waals surface area contributed by atoms with Gasteiger partial charge >= 0.3 is 0 Å². The summed E-state index contributed by atoms with van der Waals surface area (Å²) in [5.74, 6) is 3.15. The molecule has 9 heteroatoms. The number of carbonyl (C=O) groups excluding carboxylic acids is 1. The topological polar surface area (TPSA) is 83.2 Å². The summed E-state index contributed by atoms with van der Waals surface area (Å²) >= 11 is 1.57. The monoisotopic (exact) mass is 431 g/mol. The van der Waals surface area contributed by atoms with E-state index < -0.39 is 9.84 Å². The van der Waals surface area contributed by atoms with Crippen molar-refractivity contribution >= 4 is 32.8 Å². The molecule has 4 rings (SSSR count). The van der Waals surface area contributed by atoms with Crippen molar-refractivity contribution in [1.82, 2.24) is 9.91 Å². The van der Waals surface area contributed by atoms with Gasteiger partial charge < -0.3 is 4.42 Å². The Balaban J connectivity index is 1.56. The lowest BCUT2D eigenvalue weighted by molar-refractivity contribution is -0.134. The maximum Gasteiger partial charge on any atom is 0.257 e. The molecule has 1 fully saturated rings. The zero-order valence-corrected chi connectivity index (χ0v) is 17.4. The van der Waals surface area contributed by atoms with Gasteiger partial charge in [-0.2, -0.15) is 5.10 Å². The molecule has 0 radical (unpaired) electrons. The fourth-order valence-electron chi connectivity index (χ4n) is 3.78. The molecule has 0 spiro atoms. The van der Waals surface area contributed by atoms with Crippen LogP contribution in [0, 0.1) is 12.3 Å². The van der Waals surface area contributed by atoms with Gasteiger partial charge in [0.25, 0.3) is 5.91 Å². The van der Waals surface area contributed by atoms with E-state index >= 15 is 0 Å². The lowest BCUT2D eigenvalue weighted by Crippen LogP contribution is -2.44. The molecule has 1 saturated heterocycles. The van der Waals surface area contributed by atoms with E-state index in [1.165, 1.54) is 5.01 Å². The fraction of sp³-hybridized carbons (Fsp3) is 0.400. The molecule has 2 unspecified atom stereocenters. The molecule has 2 aliphatic heterocycles. The zero-order chi connectivity index (χ0) is 20.4. The molecule has 29 heavy (non-hydrogen) atoms. The van der Waals surface area contributed by atoms with E-state index in [9.17, 15) is 13.2 Å². The minimum Gasteiger partial charge on any atom is -0.467 e. The predicted octanol–water partition coefficient (Wildman–Crippen LogP) is 2.14. The average molecular weight is 432 g/mol. The van der Waals surface area contributed by atoms with Crippen molar-refractivity contribution in [2.45, 2.75) is 24.9 Å². The molecular formula is C20H21N3O4S2. The van der Waals surface area contributed by atoms with Crippen molar-refractivity contribution in [2.75, 3.05) is 24.6 Å². The van der Waals surface area contributed by atoms with Gasteiger partial charge in [0.05, 0.1) is 41.4 Å². The largest absolute Gasteiger partial charge is 0.467 e. The molecule has 2 aromatic heterocycles. The maximum absolute atomic E-state index is 13.2. The molecule has 152 valence electrons. The molecule has 2 aromatic rings. The standard InChI is InChI=1S/C20H21N3O4S2/c1-2-8-22(15-7-11-29(25,26)14-15)13-20(24)23-17(18-5-3-9-27-18)12-16(21-23)19-6-4-10-28-19/h1,3-6,9-10,15,17H,7-8,11-14H2. The van der Waals surface area contributed by atoms with Gasteiger partial charge in [0, 0.05) is 12.5 Å². The number of carbonyl (C=O) groups is 1. The Morgan fingerprint density at radius 1 is 1.41 bits per heavy atom. The van der Waals surface area contributed by atoms with Crippen molar-refractivity contribution in [1.29, 1.82) is 0 Å². The molecule has 0 bridgehead atoms. The Labute approximate surface area is 173 Å². The fourth-order valence-corrected chi connectivity index (χ4v) is 6.26. The van der Waals surface area contributed by atoms with Crippen LogP contribution in [0.5, 0.6) is 0 Å². The number of furan rings is 1. The molecule has 2 aliphatic rings. The van der Waals surface area contributed by atoms with Crippen molar-refractivity contribution in [3.05, 3.63) is 46.5 Å². The Morgan fingerprint density at radius 2 is 2.28 bits per heavy atom. The van der Waals surface area contributed by atoms with Crippen LogP contribution >= 0.6 is 11.3 Å². The quantitative estimate of drug-likeness (QED) is 0.655. The summed E-state index contributed by atoms with van der Waals surface area (Å²) in [4.78, 5) is 16.0. The molecule has 0 aliphatic carbocycles. The van der Waals surface area contributed by atoms with Crippen LogP contribution in [-0.4, -0.2) is 60.6 Å². The summed E-state index contributed by atoms with van der Waals surface area (Å²) in [5.41, 5.74) is 0.835. The SMILES string of the molecule is C#CCN(CC(=O)N1N=C(c2cccs2)CC1c1ccco1)C1CCS(=O)(=O)C1. The van der Waals surface area contributed by atoms with Crippen LogP contribution in [0.1, 0.15) is 29.5 Å². The number of hydrazone groups is 1. The second-order valence-electron chi connectivity index (χ2n) is 7.16. The summed E-state index contributed by atoms with van der Waals surface area (Å²) in [6.07, 6.45) is 8.11. The van der Waals surface area contributed by atoms with Gasteiger partial charge in [0.2, 0.25) is 0 Å². The molecule has 4 heterocycles. The third-order valence-electron chi connectivity index (χ3n) is 5.20. The number of terminal acetylenes is 1. The zero-order valence-electron chi connectivity index (χ0n) is 15.7. The van der Waals surface area contributed by atoms with Crippen LogP contribution in [-0.2, 0) is 14.6 Å². The highest BCUT2D eigenvalue weighted by atomic mass is 32.2. The van der Waals surface area contributed by atoms with Gasteiger partial charge in [-0.3, -0.25) is 9.69 Å². The minimum absolute atomic E-state index is 0.0167. The first kappa shape index (κ1) is 19.9. The number of sulfone groups is 1. The van der Waals surface area contributed by atoms with Gasteiger partial charge in [0.15, 0.2) is 9.84 Å². The Hall–Kier alpha value is -2.41. The van der Waals surface area contributed by atoms with Crippen LogP contribution in [0.25, 0.3) is 0 Å². The third kappa shape index (κ3) is 4.29. The van der Waals surface area contributed by atoms with Crippen LogP contribution in [0.2, 0.25) is 0 Å². The van der Waals surface area contributed by atoms with Crippen molar-refractivity contribution in [3.63, 3.8) is 0 Å². The van der Waals surface area contributed by atoms with Crippen LogP contribution in [0.3, 0.4) is 0 Å². The van der Waals surface area contributed by atoms with Crippen molar-refractivity contribution < 1.29 is 17.6 Å². The third-order valence-corrected chi connectivity index (χ3v) is 7.87. The van der Waals surface area contributed by atoms with Crippen LogP contribution in [0.4, 0.5) is 0 Å². The van der Waals surface area contributed by atoms with Crippen LogP contribution in [0.15, 0.2) is 45.4 Å². The Bertz CT molecular complexity index is 1040. The first-order valence-corrected chi connectivity index (χ1v) is 12.0. The van der Waals surface area contributed by atoms with E-state index in [0.717, 1.165) is 10.6 Å². The van der Waals surface area contributed by atoms with Gasteiger partial charge in [-0.05, 0) is 30.0 Å². The van der Waals surface area contributed by atoms with Gasteiger partial charge in [-0.15, -0.1) is 17.8 Å². The number of nitrogens with zero attached hydrogens (tertiary/aromatic N) is 3. The molecule has 0 N–H and O–H groups in total. The summed E-state index contributed by atoms with van der Waals surface area (Å²) in [7, 11) is -3.07. The number of hydrogen-bond donors (Lipinski definition) is 0. The number of thiophene rings is 1. The molecule has 1 amide bonds. The molecule has 2 atom stereocenters. The normalized spacial score (nSPS) is 23.3. The maximum atomic E-state index is 13.2. The van der Waals surface area contributed by atoms with E-state index in [1.54, 1.807) is 28.6 Å². The first-order valence-electron chi connectivity index (χ1n) is 9.31. The number of hydrogen-bond acceptors (Lipinski definition) is 7. The highest BCUT2D eigenvalue weighted by molar-refractivity contribution is 7.91. The summed E-state index contributed by atoms with van der Waals surface area (Å²) in [5, 5.41) is 8.02. The van der Waals surface area contributed by atoms with Gasteiger partial charge in [0.1, 0.15) is 11.8 Å². The summed E-state index contributed by atoms with van der Waals surface area (Å²) in [6, 6.07) is 6.98. The lowest BCUT2D eigenvalue weighted by atomic mass is 10.1. The van der Waals surface area contributed by atoms with E-state index in [4.69, 9.17) is 10.8 Å². The second-order valence-corrected chi connectivity index (χ2v) is 10.3. The average Bonchev–Trinajstić information content (AvgIpc) is 3.45. The van der Waals surface area contributed by atoms with Gasteiger partial charge in [-0.25, -0.2) is 13.4 Å². The van der Waals surface area contributed by atoms with Crippen molar-refractivity contribution in [3.8, 4) is 12.3 Å². The van der Waals surface area contributed by atoms with E-state index in [0.29, 0.717) is 18.6 Å². The van der Waals surface area contributed by atoms with Crippen molar-refractivity contribution in [2.24, 2.45) is 5.10 Å². The summed E-state index contributed by atoms with van der Waals surface area (Å²) < 4.78 is 29.3. The van der Waals surface area contributed by atoms with Gasteiger partial charge in [-0.1, -0.05) is 12.0 Å². The Kier molecular flexibility index (Phi) is 5.58. The number of rotatable bonds is 6. The molecule has 0 saturated carbocycles. The highest BCUT2D eigenvalue weighted by Crippen LogP contribution is 2.34. The smallest absolute Gasteiger partial charge is 0.257 e. The summed E-state index contributed by atoms with van der Waals surface area (Å²) in [6.45, 7) is 0.232. The van der Waals surface area contributed by atoms with E-state index in [2.05, 4.69) is 11.0 Å². The molecule has 0 aromatic carbocycles. The number of amides is 1. The molecular weight excluding hydrogens is 410 g/mol. The highest BCUT2D eigenvalue weighted by Gasteiger charge is 2.38. The second kappa shape index (κ2) is 8.14. The Morgan fingerprint density at radius 3 is 2.90 bits per heavy atom. The molecule has 7 nitrogen and oxygen atoms in total. The first-order chi connectivity index (χ1) is 14.0. The van der Waals surface area contributed by atoms with Crippen LogP contribution < -0.4 is 0 Å². The lowest BCUT2D eigenvalue weighted by Gasteiger charge is -2.28.